The fourth-order valence-electron chi connectivity index (χ4n) is 1.17. The van der Waals surface area contributed by atoms with Crippen LogP contribution in [0.5, 0.6) is 5.75 Å². The molecule has 0 aliphatic heterocycles. The number of carbonyl (C=O) groups is 1. The van der Waals surface area contributed by atoms with Gasteiger partial charge in [-0.2, -0.15) is 0 Å². The van der Waals surface area contributed by atoms with Crippen molar-refractivity contribution in [3.8, 4) is 5.75 Å². The molecule has 0 unspecified atom stereocenters. The highest BCUT2D eigenvalue weighted by molar-refractivity contribution is 8.13. The molecule has 0 aromatic heterocycles. The molecule has 0 saturated heterocycles. The maximum atomic E-state index is 13.4. The quantitative estimate of drug-likeness (QED) is 0.829. The van der Waals surface area contributed by atoms with Crippen LogP contribution in [0.15, 0.2) is 18.2 Å². The summed E-state index contributed by atoms with van der Waals surface area (Å²) in [6.07, 6.45) is 2.86. The van der Waals surface area contributed by atoms with Gasteiger partial charge in [0.2, 0.25) is 0 Å². The van der Waals surface area contributed by atoms with Crippen LogP contribution in [0.2, 0.25) is 0 Å². The second-order valence-electron chi connectivity index (χ2n) is 3.21. The van der Waals surface area contributed by atoms with Gasteiger partial charge < -0.3 is 4.74 Å². The summed E-state index contributed by atoms with van der Waals surface area (Å²) in [4.78, 5) is 10.6. The van der Waals surface area contributed by atoms with E-state index in [0.717, 1.165) is 23.9 Å². The maximum absolute atomic E-state index is 13.4. The minimum atomic E-state index is -0.689. The van der Waals surface area contributed by atoms with Crippen LogP contribution in [-0.4, -0.2) is 18.0 Å². The van der Waals surface area contributed by atoms with E-state index in [2.05, 4.69) is 0 Å². The van der Waals surface area contributed by atoms with Crippen LogP contribution in [0, 0.1) is 11.6 Å². The normalized spacial score (nSPS) is 10.8. The SMILES string of the molecule is COc1cc(F)c(C=CCSC(C)=O)c(F)c1. The minimum absolute atomic E-state index is 0.0367. The van der Waals surface area contributed by atoms with Crippen LogP contribution in [0.4, 0.5) is 8.78 Å². The van der Waals surface area contributed by atoms with Crippen molar-refractivity contribution in [2.45, 2.75) is 6.92 Å². The summed E-state index contributed by atoms with van der Waals surface area (Å²) in [6.45, 7) is 1.44. The van der Waals surface area contributed by atoms with E-state index in [4.69, 9.17) is 4.74 Å². The summed E-state index contributed by atoms with van der Waals surface area (Å²) in [5.74, 6) is -0.854. The summed E-state index contributed by atoms with van der Waals surface area (Å²) in [6, 6.07) is 2.22. The van der Waals surface area contributed by atoms with Gasteiger partial charge in [0.1, 0.15) is 17.4 Å². The zero-order chi connectivity index (χ0) is 12.8. The fraction of sp³-hybridized carbons (Fsp3) is 0.250. The van der Waals surface area contributed by atoms with Crippen molar-refractivity contribution in [3.05, 3.63) is 35.4 Å². The van der Waals surface area contributed by atoms with Gasteiger partial charge in [-0.15, -0.1) is 0 Å². The first-order valence-corrected chi connectivity index (χ1v) is 5.86. The molecular weight excluding hydrogens is 246 g/mol. The molecule has 92 valence electrons. The van der Waals surface area contributed by atoms with Crippen LogP contribution in [0.3, 0.4) is 0 Å². The molecule has 0 aliphatic carbocycles. The minimum Gasteiger partial charge on any atom is -0.497 e. The van der Waals surface area contributed by atoms with Crippen LogP contribution in [0.25, 0.3) is 6.08 Å². The van der Waals surface area contributed by atoms with Gasteiger partial charge in [0.05, 0.1) is 7.11 Å². The Morgan fingerprint density at radius 3 is 2.47 bits per heavy atom. The highest BCUT2D eigenvalue weighted by Crippen LogP contribution is 2.21. The number of benzene rings is 1. The number of rotatable bonds is 4. The molecule has 0 N–H and O–H groups in total. The lowest BCUT2D eigenvalue weighted by Gasteiger charge is -2.03. The van der Waals surface area contributed by atoms with E-state index >= 15 is 0 Å². The molecule has 2 nitrogen and oxygen atoms in total. The van der Waals surface area contributed by atoms with Gasteiger partial charge in [0, 0.05) is 30.4 Å². The highest BCUT2D eigenvalue weighted by atomic mass is 32.2. The van der Waals surface area contributed by atoms with Gasteiger partial charge in [-0.05, 0) is 0 Å². The standard InChI is InChI=1S/C12H12F2O2S/c1-8(15)17-5-3-4-10-11(13)6-9(16-2)7-12(10)14/h3-4,6-7H,5H2,1-2H3. The topological polar surface area (TPSA) is 26.3 Å². The lowest BCUT2D eigenvalue weighted by Crippen LogP contribution is -1.92. The zero-order valence-corrected chi connectivity index (χ0v) is 10.3. The first kappa shape index (κ1) is 13.7. The molecule has 0 saturated carbocycles. The molecule has 0 amide bonds. The lowest BCUT2D eigenvalue weighted by atomic mass is 10.2. The van der Waals surface area contributed by atoms with E-state index in [1.807, 2.05) is 0 Å². The fourth-order valence-corrected chi connectivity index (χ4v) is 1.60. The number of hydrogen-bond acceptors (Lipinski definition) is 3. The Balaban J connectivity index is 2.80. The Hall–Kier alpha value is -1.36. The Labute approximate surface area is 103 Å². The van der Waals surface area contributed by atoms with Crippen molar-refractivity contribution in [2.75, 3.05) is 12.9 Å². The summed E-state index contributed by atoms with van der Waals surface area (Å²) in [7, 11) is 1.34. The van der Waals surface area contributed by atoms with E-state index in [0.29, 0.717) is 5.75 Å². The Bertz CT molecular complexity index is 421. The van der Waals surface area contributed by atoms with Crippen LogP contribution < -0.4 is 4.74 Å². The molecule has 1 rings (SSSR count). The van der Waals surface area contributed by atoms with Gasteiger partial charge in [-0.3, -0.25) is 4.79 Å². The number of methoxy groups -OCH3 is 1. The Kier molecular flexibility index (Phi) is 5.15. The average Bonchev–Trinajstić information content (AvgIpc) is 2.26. The third kappa shape index (κ3) is 4.19. The van der Waals surface area contributed by atoms with Crippen molar-refractivity contribution in [1.29, 1.82) is 0 Å². The summed E-state index contributed by atoms with van der Waals surface area (Å²) in [5.41, 5.74) is -0.130. The number of ether oxygens (including phenoxy) is 1. The number of halogens is 2. The lowest BCUT2D eigenvalue weighted by molar-refractivity contribution is -0.109. The van der Waals surface area contributed by atoms with Crippen molar-refractivity contribution in [2.24, 2.45) is 0 Å². The molecule has 0 heterocycles. The predicted octanol–water partition coefficient (Wildman–Crippen LogP) is 3.27. The van der Waals surface area contributed by atoms with E-state index < -0.39 is 11.6 Å². The number of hydrogen-bond donors (Lipinski definition) is 0. The zero-order valence-electron chi connectivity index (χ0n) is 9.50. The first-order valence-electron chi connectivity index (χ1n) is 4.87. The Morgan fingerprint density at radius 1 is 1.41 bits per heavy atom. The molecule has 5 heteroatoms. The summed E-state index contributed by atoms with van der Waals surface area (Å²) < 4.78 is 31.6. The van der Waals surface area contributed by atoms with Gasteiger partial charge in [-0.1, -0.05) is 23.9 Å². The Morgan fingerprint density at radius 2 is 2.00 bits per heavy atom. The molecule has 0 radical (unpaired) electrons. The highest BCUT2D eigenvalue weighted by Gasteiger charge is 2.08. The largest absolute Gasteiger partial charge is 0.497 e. The van der Waals surface area contributed by atoms with Gasteiger partial charge in [-0.25, -0.2) is 8.78 Å². The van der Waals surface area contributed by atoms with Gasteiger partial charge in [0.15, 0.2) is 5.12 Å². The second-order valence-corrected chi connectivity index (χ2v) is 4.41. The van der Waals surface area contributed by atoms with E-state index in [-0.39, 0.29) is 16.4 Å². The first-order chi connectivity index (χ1) is 8.04. The molecule has 17 heavy (non-hydrogen) atoms. The van der Waals surface area contributed by atoms with E-state index in [1.165, 1.54) is 20.1 Å². The molecule has 0 atom stereocenters. The van der Waals surface area contributed by atoms with Gasteiger partial charge >= 0.3 is 0 Å². The van der Waals surface area contributed by atoms with Crippen LogP contribution in [-0.2, 0) is 4.79 Å². The summed E-state index contributed by atoms with van der Waals surface area (Å²) >= 11 is 1.07. The van der Waals surface area contributed by atoms with E-state index in [1.54, 1.807) is 6.08 Å². The van der Waals surface area contributed by atoms with Crippen LogP contribution >= 0.6 is 11.8 Å². The molecule has 1 aromatic carbocycles. The predicted molar refractivity (Wildman–Crippen MR) is 65.1 cm³/mol. The van der Waals surface area contributed by atoms with Crippen LogP contribution in [0.1, 0.15) is 12.5 Å². The number of carbonyl (C=O) groups excluding carboxylic acids is 1. The monoisotopic (exact) mass is 258 g/mol. The van der Waals surface area contributed by atoms with Crippen molar-refractivity contribution < 1.29 is 18.3 Å². The average molecular weight is 258 g/mol. The summed E-state index contributed by atoms with van der Waals surface area (Å²) in [5, 5.41) is -0.0367. The molecule has 0 bridgehead atoms. The second kappa shape index (κ2) is 6.39. The number of thioether (sulfide) groups is 1. The van der Waals surface area contributed by atoms with Crippen molar-refractivity contribution in [3.63, 3.8) is 0 Å². The van der Waals surface area contributed by atoms with Crippen molar-refractivity contribution >= 4 is 23.0 Å². The molecule has 0 spiro atoms. The van der Waals surface area contributed by atoms with Crippen molar-refractivity contribution in [1.82, 2.24) is 0 Å². The third-order valence-electron chi connectivity index (χ3n) is 1.96. The third-order valence-corrected chi connectivity index (χ3v) is 2.72. The van der Waals surface area contributed by atoms with E-state index in [9.17, 15) is 13.6 Å². The molecular formula is C12H12F2O2S. The van der Waals surface area contributed by atoms with Gasteiger partial charge in [0.25, 0.3) is 0 Å². The molecule has 0 aliphatic rings. The molecule has 0 fully saturated rings. The smallest absolute Gasteiger partial charge is 0.186 e. The maximum Gasteiger partial charge on any atom is 0.186 e. The molecule has 1 aromatic rings.